The Morgan fingerprint density at radius 2 is 2.37 bits per heavy atom. The second-order valence-electron chi connectivity index (χ2n) is 4.65. The molecule has 1 aliphatic rings. The number of nitrogens with one attached hydrogen (secondary N) is 1. The Hall–Kier alpha value is -1.33. The van der Waals surface area contributed by atoms with Gasteiger partial charge in [-0.15, -0.1) is 0 Å². The van der Waals surface area contributed by atoms with Crippen molar-refractivity contribution in [3.05, 3.63) is 35.8 Å². The molecule has 0 bridgehead atoms. The van der Waals surface area contributed by atoms with E-state index in [-0.39, 0.29) is 17.6 Å². The summed E-state index contributed by atoms with van der Waals surface area (Å²) in [5.41, 5.74) is 0.552. The predicted molar refractivity (Wildman–Crippen MR) is 74.2 cm³/mol. The molecular formula is C14H14FNO2S. The van der Waals surface area contributed by atoms with Crippen molar-refractivity contribution in [2.75, 3.05) is 18.1 Å². The van der Waals surface area contributed by atoms with E-state index in [4.69, 9.17) is 4.42 Å². The van der Waals surface area contributed by atoms with Gasteiger partial charge in [-0.25, -0.2) is 4.39 Å². The molecule has 0 radical (unpaired) electrons. The smallest absolute Gasteiger partial charge is 0.199 e. The fourth-order valence-corrected chi connectivity index (χ4v) is 3.18. The first-order valence-electron chi connectivity index (χ1n) is 6.26. The molecule has 1 saturated heterocycles. The highest BCUT2D eigenvalue weighted by Gasteiger charge is 2.20. The van der Waals surface area contributed by atoms with E-state index in [0.29, 0.717) is 23.2 Å². The molecule has 3 rings (SSSR count). The molecule has 2 heterocycles. The van der Waals surface area contributed by atoms with Crippen molar-refractivity contribution in [1.29, 1.82) is 0 Å². The number of Topliss-reactive ketones (excluding diaryl/α,β-unsaturated/α-hetero) is 1. The fraction of sp³-hybridized carbons (Fsp3) is 0.357. The van der Waals surface area contributed by atoms with Gasteiger partial charge in [-0.2, -0.15) is 11.8 Å². The Morgan fingerprint density at radius 3 is 3.16 bits per heavy atom. The molecule has 0 amide bonds. The Morgan fingerprint density at radius 1 is 1.47 bits per heavy atom. The Bertz CT molecular complexity index is 605. The van der Waals surface area contributed by atoms with Gasteiger partial charge < -0.3 is 9.73 Å². The summed E-state index contributed by atoms with van der Waals surface area (Å²) in [6.45, 7) is 0.938. The van der Waals surface area contributed by atoms with Crippen LogP contribution in [0.15, 0.2) is 28.7 Å². The molecule has 1 aliphatic heterocycles. The van der Waals surface area contributed by atoms with Gasteiger partial charge in [0.1, 0.15) is 11.4 Å². The van der Waals surface area contributed by atoms with Crippen molar-refractivity contribution < 1.29 is 13.6 Å². The second kappa shape index (κ2) is 5.35. The van der Waals surface area contributed by atoms with Crippen LogP contribution < -0.4 is 5.32 Å². The van der Waals surface area contributed by atoms with E-state index >= 15 is 0 Å². The average Bonchev–Trinajstić information content (AvgIpc) is 2.83. The number of carbonyl (C=O) groups excluding carboxylic acids is 1. The van der Waals surface area contributed by atoms with Crippen molar-refractivity contribution in [3.8, 4) is 0 Å². The van der Waals surface area contributed by atoms with Crippen LogP contribution >= 0.6 is 11.8 Å². The monoisotopic (exact) mass is 279 g/mol. The van der Waals surface area contributed by atoms with E-state index < -0.39 is 0 Å². The van der Waals surface area contributed by atoms with Gasteiger partial charge in [0.05, 0.1) is 0 Å². The molecule has 1 aromatic heterocycles. The van der Waals surface area contributed by atoms with Crippen molar-refractivity contribution in [1.82, 2.24) is 5.32 Å². The third-order valence-corrected chi connectivity index (χ3v) is 4.31. The summed E-state index contributed by atoms with van der Waals surface area (Å²) in [6, 6.07) is 6.09. The minimum Gasteiger partial charge on any atom is -0.453 e. The van der Waals surface area contributed by atoms with Crippen LogP contribution in [0, 0.1) is 5.82 Å². The van der Waals surface area contributed by atoms with E-state index in [1.165, 1.54) is 12.1 Å². The number of hydrogen-bond donors (Lipinski definition) is 1. The van der Waals surface area contributed by atoms with Gasteiger partial charge in [0, 0.05) is 35.9 Å². The van der Waals surface area contributed by atoms with Crippen molar-refractivity contribution in [2.45, 2.75) is 12.5 Å². The molecule has 1 atom stereocenters. The first kappa shape index (κ1) is 12.7. The fourth-order valence-electron chi connectivity index (χ4n) is 2.23. The second-order valence-corrected chi connectivity index (χ2v) is 5.80. The van der Waals surface area contributed by atoms with Gasteiger partial charge >= 0.3 is 0 Å². The summed E-state index contributed by atoms with van der Waals surface area (Å²) in [5, 5.41) is 3.95. The highest BCUT2D eigenvalue weighted by atomic mass is 32.2. The number of hydrogen-bond acceptors (Lipinski definition) is 4. The van der Waals surface area contributed by atoms with Gasteiger partial charge in [0.15, 0.2) is 11.5 Å². The van der Waals surface area contributed by atoms with Crippen molar-refractivity contribution >= 4 is 28.5 Å². The van der Waals surface area contributed by atoms with Crippen LogP contribution in [-0.4, -0.2) is 29.9 Å². The number of rotatable bonds is 3. The summed E-state index contributed by atoms with van der Waals surface area (Å²) < 4.78 is 18.6. The van der Waals surface area contributed by atoms with Crippen LogP contribution in [-0.2, 0) is 0 Å². The standard InChI is InChI=1S/C14H14FNO2S/c15-10-1-2-13-9(5-10)6-14(18-13)12(17)7-11-8-19-4-3-16-11/h1-2,5-6,11,16H,3-4,7-8H2. The molecule has 1 unspecified atom stereocenters. The summed E-state index contributed by atoms with van der Waals surface area (Å²) in [6.07, 6.45) is 0.426. The zero-order chi connectivity index (χ0) is 13.2. The van der Waals surface area contributed by atoms with E-state index in [1.54, 1.807) is 12.1 Å². The Balaban J connectivity index is 1.77. The van der Waals surface area contributed by atoms with Crippen LogP contribution in [0.5, 0.6) is 0 Å². The molecule has 0 saturated carbocycles. The summed E-state index contributed by atoms with van der Waals surface area (Å²) in [5.74, 6) is 2.00. The van der Waals surface area contributed by atoms with Crippen LogP contribution in [0.1, 0.15) is 17.0 Å². The number of ketones is 1. The average molecular weight is 279 g/mol. The number of fused-ring (bicyclic) bond motifs is 1. The zero-order valence-corrected chi connectivity index (χ0v) is 11.1. The lowest BCUT2D eigenvalue weighted by atomic mass is 10.1. The molecular weight excluding hydrogens is 265 g/mol. The normalized spacial score (nSPS) is 19.7. The number of halogens is 1. The molecule has 1 N–H and O–H groups in total. The SMILES string of the molecule is O=C(CC1CSCCN1)c1cc2cc(F)ccc2o1. The quantitative estimate of drug-likeness (QED) is 0.877. The predicted octanol–water partition coefficient (Wildman–Crippen LogP) is 2.85. The zero-order valence-electron chi connectivity index (χ0n) is 10.3. The number of benzene rings is 1. The third kappa shape index (κ3) is 2.82. The molecule has 1 aromatic carbocycles. The summed E-state index contributed by atoms with van der Waals surface area (Å²) >= 11 is 1.85. The lowest BCUT2D eigenvalue weighted by molar-refractivity contribution is 0.0947. The van der Waals surface area contributed by atoms with Gasteiger partial charge in [-0.1, -0.05) is 0 Å². The van der Waals surface area contributed by atoms with Crippen LogP contribution in [0.2, 0.25) is 0 Å². The maximum absolute atomic E-state index is 13.1. The molecule has 3 nitrogen and oxygen atoms in total. The molecule has 2 aromatic rings. The number of carbonyl (C=O) groups is 1. The van der Waals surface area contributed by atoms with Crippen LogP contribution in [0.3, 0.4) is 0 Å². The number of thioether (sulfide) groups is 1. The van der Waals surface area contributed by atoms with Gasteiger partial charge in [-0.05, 0) is 24.3 Å². The molecule has 1 fully saturated rings. The van der Waals surface area contributed by atoms with Gasteiger partial charge in [-0.3, -0.25) is 4.79 Å². The molecule has 0 spiro atoms. The maximum atomic E-state index is 13.1. The third-order valence-electron chi connectivity index (χ3n) is 3.18. The first-order chi connectivity index (χ1) is 9.22. The van der Waals surface area contributed by atoms with E-state index in [2.05, 4.69) is 5.32 Å². The van der Waals surface area contributed by atoms with Crippen molar-refractivity contribution in [2.24, 2.45) is 0 Å². The maximum Gasteiger partial charge on any atom is 0.199 e. The Labute approximate surface area is 114 Å². The van der Waals surface area contributed by atoms with E-state index in [1.807, 2.05) is 11.8 Å². The van der Waals surface area contributed by atoms with Crippen molar-refractivity contribution in [3.63, 3.8) is 0 Å². The topological polar surface area (TPSA) is 42.2 Å². The molecule has 100 valence electrons. The number of furan rings is 1. The highest BCUT2D eigenvalue weighted by molar-refractivity contribution is 7.99. The van der Waals surface area contributed by atoms with Crippen LogP contribution in [0.25, 0.3) is 11.0 Å². The molecule has 19 heavy (non-hydrogen) atoms. The Kier molecular flexibility index (Phi) is 3.57. The minimum absolute atomic E-state index is 0.0309. The van der Waals surface area contributed by atoms with Gasteiger partial charge in [0.25, 0.3) is 0 Å². The highest BCUT2D eigenvalue weighted by Crippen LogP contribution is 2.22. The summed E-state index contributed by atoms with van der Waals surface area (Å²) in [7, 11) is 0. The minimum atomic E-state index is -0.322. The summed E-state index contributed by atoms with van der Waals surface area (Å²) in [4.78, 5) is 12.1. The molecule has 0 aliphatic carbocycles. The lowest BCUT2D eigenvalue weighted by Crippen LogP contribution is -2.38. The van der Waals surface area contributed by atoms with Gasteiger partial charge in [0.2, 0.25) is 0 Å². The van der Waals surface area contributed by atoms with E-state index in [9.17, 15) is 9.18 Å². The molecule has 5 heteroatoms. The van der Waals surface area contributed by atoms with Crippen LogP contribution in [0.4, 0.5) is 4.39 Å². The van der Waals surface area contributed by atoms with E-state index in [0.717, 1.165) is 18.1 Å². The lowest BCUT2D eigenvalue weighted by Gasteiger charge is -2.21. The largest absolute Gasteiger partial charge is 0.453 e. The first-order valence-corrected chi connectivity index (χ1v) is 7.41.